The Labute approximate surface area is 164 Å². The average Bonchev–Trinajstić information content (AvgIpc) is 3.18. The lowest BCUT2D eigenvalue weighted by molar-refractivity contribution is 0.216. The second-order valence-electron chi connectivity index (χ2n) is 6.68. The molecule has 1 saturated heterocycles. The molecule has 5 heteroatoms. The lowest BCUT2D eigenvalue weighted by Crippen LogP contribution is -2.26. The van der Waals surface area contributed by atoms with Crippen LogP contribution >= 0.6 is 11.6 Å². The lowest BCUT2D eigenvalue weighted by atomic mass is 10.0. The molecule has 1 aliphatic heterocycles. The van der Waals surface area contributed by atoms with Gasteiger partial charge in [0.25, 0.3) is 0 Å². The molecule has 3 aromatic rings. The van der Waals surface area contributed by atoms with Gasteiger partial charge in [0.2, 0.25) is 5.88 Å². The van der Waals surface area contributed by atoms with Crippen LogP contribution in [0.4, 0.5) is 5.69 Å². The van der Waals surface area contributed by atoms with E-state index in [-0.39, 0.29) is 6.10 Å². The molecule has 2 N–H and O–H groups in total. The number of benzene rings is 2. The van der Waals surface area contributed by atoms with Gasteiger partial charge in [-0.25, -0.2) is 4.98 Å². The highest BCUT2D eigenvalue weighted by Gasteiger charge is 2.26. The molecule has 1 fully saturated rings. The molecule has 1 aliphatic rings. The summed E-state index contributed by atoms with van der Waals surface area (Å²) >= 11 is 6.16. The molecule has 0 saturated carbocycles. The van der Waals surface area contributed by atoms with Crippen molar-refractivity contribution in [2.45, 2.75) is 19.1 Å². The van der Waals surface area contributed by atoms with Crippen molar-refractivity contribution in [3.05, 3.63) is 77.4 Å². The molecular formula is C22H22ClN3O. The van der Waals surface area contributed by atoms with Crippen LogP contribution in [0.15, 0.2) is 66.9 Å². The second kappa shape index (κ2) is 7.99. The number of nitrogens with two attached hydrogens (primary N) is 1. The summed E-state index contributed by atoms with van der Waals surface area (Å²) in [6, 6.07) is 20.5. The van der Waals surface area contributed by atoms with Gasteiger partial charge in [0, 0.05) is 31.4 Å². The van der Waals surface area contributed by atoms with Gasteiger partial charge in [0.05, 0.1) is 6.54 Å². The SMILES string of the molecule is NCc1cc(-c2ccccc2)ccc1N1CCC(Oc2ncccc2Cl)C1. The largest absolute Gasteiger partial charge is 0.471 e. The predicted molar refractivity (Wildman–Crippen MR) is 110 cm³/mol. The van der Waals surface area contributed by atoms with E-state index >= 15 is 0 Å². The number of anilines is 1. The molecule has 1 atom stereocenters. The molecule has 1 unspecified atom stereocenters. The van der Waals surface area contributed by atoms with Crippen molar-refractivity contribution >= 4 is 17.3 Å². The highest BCUT2D eigenvalue weighted by atomic mass is 35.5. The van der Waals surface area contributed by atoms with Crippen molar-refractivity contribution in [2.75, 3.05) is 18.0 Å². The van der Waals surface area contributed by atoms with Crippen LogP contribution in [0.5, 0.6) is 5.88 Å². The first-order chi connectivity index (χ1) is 13.2. The summed E-state index contributed by atoms with van der Waals surface area (Å²) in [6.45, 7) is 2.22. The highest BCUT2D eigenvalue weighted by molar-refractivity contribution is 6.31. The molecule has 27 heavy (non-hydrogen) atoms. The third kappa shape index (κ3) is 3.92. The lowest BCUT2D eigenvalue weighted by Gasteiger charge is -2.22. The van der Waals surface area contributed by atoms with Crippen LogP contribution in [0.2, 0.25) is 5.02 Å². The summed E-state index contributed by atoms with van der Waals surface area (Å²) in [5.74, 6) is 0.504. The summed E-state index contributed by atoms with van der Waals surface area (Å²) in [7, 11) is 0. The molecular weight excluding hydrogens is 358 g/mol. The number of hydrogen-bond acceptors (Lipinski definition) is 4. The standard InChI is InChI=1S/C22H22ClN3O/c23-20-7-4-11-25-22(20)27-19-10-12-26(15-19)21-9-8-17(13-18(21)14-24)16-5-2-1-3-6-16/h1-9,11,13,19H,10,12,14-15,24H2. The topological polar surface area (TPSA) is 51.4 Å². The first-order valence-electron chi connectivity index (χ1n) is 9.15. The molecule has 4 rings (SSSR count). The summed E-state index contributed by atoms with van der Waals surface area (Å²) in [5, 5.41) is 0.547. The minimum absolute atomic E-state index is 0.0665. The fraction of sp³-hybridized carbons (Fsp3) is 0.227. The van der Waals surface area contributed by atoms with Gasteiger partial charge < -0.3 is 15.4 Å². The number of halogens is 1. The molecule has 0 aliphatic carbocycles. The van der Waals surface area contributed by atoms with E-state index in [4.69, 9.17) is 22.1 Å². The van der Waals surface area contributed by atoms with Crippen LogP contribution in [-0.2, 0) is 6.54 Å². The number of ether oxygens (including phenoxy) is 1. The quantitative estimate of drug-likeness (QED) is 0.708. The van der Waals surface area contributed by atoms with E-state index in [0.717, 1.165) is 25.1 Å². The van der Waals surface area contributed by atoms with Crippen LogP contribution < -0.4 is 15.4 Å². The Morgan fingerprint density at radius 3 is 2.70 bits per heavy atom. The number of hydrogen-bond donors (Lipinski definition) is 1. The Bertz CT molecular complexity index is 916. The van der Waals surface area contributed by atoms with Crippen molar-refractivity contribution in [3.8, 4) is 17.0 Å². The maximum atomic E-state index is 6.16. The Morgan fingerprint density at radius 2 is 1.93 bits per heavy atom. The minimum atomic E-state index is 0.0665. The molecule has 0 spiro atoms. The van der Waals surface area contributed by atoms with Gasteiger partial charge in [-0.2, -0.15) is 0 Å². The van der Waals surface area contributed by atoms with Crippen LogP contribution in [0, 0.1) is 0 Å². The maximum Gasteiger partial charge on any atom is 0.232 e. The minimum Gasteiger partial charge on any atom is -0.471 e. The monoisotopic (exact) mass is 379 g/mol. The van der Waals surface area contributed by atoms with Gasteiger partial charge in [-0.15, -0.1) is 0 Å². The number of pyridine rings is 1. The van der Waals surface area contributed by atoms with Gasteiger partial charge in [0.1, 0.15) is 11.1 Å². The molecule has 138 valence electrons. The first kappa shape index (κ1) is 17.8. The van der Waals surface area contributed by atoms with Gasteiger partial charge in [0.15, 0.2) is 0 Å². The Balaban J connectivity index is 1.51. The Hall–Kier alpha value is -2.56. The normalized spacial score (nSPS) is 16.5. The summed E-state index contributed by atoms with van der Waals surface area (Å²) in [6.07, 6.45) is 2.69. The smallest absolute Gasteiger partial charge is 0.232 e. The van der Waals surface area contributed by atoms with Crippen LogP contribution in [0.25, 0.3) is 11.1 Å². The van der Waals surface area contributed by atoms with Gasteiger partial charge in [-0.1, -0.05) is 48.0 Å². The molecule has 2 heterocycles. The molecule has 4 nitrogen and oxygen atoms in total. The zero-order chi connectivity index (χ0) is 18.6. The van der Waals surface area contributed by atoms with Crippen molar-refractivity contribution in [1.82, 2.24) is 4.98 Å². The summed E-state index contributed by atoms with van der Waals surface area (Å²) in [4.78, 5) is 6.56. The van der Waals surface area contributed by atoms with E-state index in [1.165, 1.54) is 16.8 Å². The average molecular weight is 380 g/mol. The van der Waals surface area contributed by atoms with Crippen LogP contribution in [0.1, 0.15) is 12.0 Å². The number of aromatic nitrogens is 1. The van der Waals surface area contributed by atoms with Gasteiger partial charge in [-0.3, -0.25) is 0 Å². The molecule has 0 amide bonds. The zero-order valence-corrected chi connectivity index (χ0v) is 15.8. The third-order valence-corrected chi connectivity index (χ3v) is 5.18. The predicted octanol–water partition coefficient (Wildman–Crippen LogP) is 4.52. The van der Waals surface area contributed by atoms with E-state index in [1.807, 2.05) is 6.07 Å². The van der Waals surface area contributed by atoms with Crippen molar-refractivity contribution in [2.24, 2.45) is 5.73 Å². The molecule has 2 aromatic carbocycles. The summed E-state index contributed by atoms with van der Waals surface area (Å²) in [5.41, 5.74) is 10.8. The zero-order valence-electron chi connectivity index (χ0n) is 15.0. The van der Waals surface area contributed by atoms with Gasteiger partial charge in [-0.05, 0) is 41.0 Å². The maximum absolute atomic E-state index is 6.16. The van der Waals surface area contributed by atoms with Crippen LogP contribution in [0.3, 0.4) is 0 Å². The van der Waals surface area contributed by atoms with Gasteiger partial charge >= 0.3 is 0 Å². The Morgan fingerprint density at radius 1 is 1.07 bits per heavy atom. The second-order valence-corrected chi connectivity index (χ2v) is 7.09. The van der Waals surface area contributed by atoms with Crippen molar-refractivity contribution in [3.63, 3.8) is 0 Å². The van der Waals surface area contributed by atoms with E-state index in [1.54, 1.807) is 18.3 Å². The fourth-order valence-corrected chi connectivity index (χ4v) is 3.69. The highest BCUT2D eigenvalue weighted by Crippen LogP contribution is 2.31. The molecule has 0 bridgehead atoms. The van der Waals surface area contributed by atoms with Crippen molar-refractivity contribution in [1.29, 1.82) is 0 Å². The van der Waals surface area contributed by atoms with E-state index < -0.39 is 0 Å². The summed E-state index contributed by atoms with van der Waals surface area (Å²) < 4.78 is 6.01. The van der Waals surface area contributed by atoms with E-state index in [0.29, 0.717) is 17.4 Å². The number of rotatable bonds is 5. The van der Waals surface area contributed by atoms with E-state index in [2.05, 4.69) is 52.3 Å². The third-order valence-electron chi connectivity index (χ3n) is 4.90. The first-order valence-corrected chi connectivity index (χ1v) is 9.53. The molecule has 1 aromatic heterocycles. The number of nitrogens with zero attached hydrogens (tertiary/aromatic N) is 2. The van der Waals surface area contributed by atoms with E-state index in [9.17, 15) is 0 Å². The van der Waals surface area contributed by atoms with Crippen LogP contribution in [-0.4, -0.2) is 24.2 Å². The molecule has 0 radical (unpaired) electrons. The Kier molecular flexibility index (Phi) is 5.28. The fourth-order valence-electron chi connectivity index (χ4n) is 3.53. The van der Waals surface area contributed by atoms with Crippen molar-refractivity contribution < 1.29 is 4.74 Å².